The Morgan fingerprint density at radius 3 is 2.76 bits per heavy atom. The van der Waals surface area contributed by atoms with Crippen molar-refractivity contribution in [1.29, 1.82) is 0 Å². The van der Waals surface area contributed by atoms with Crippen LogP contribution in [0.3, 0.4) is 0 Å². The molecule has 2 aromatic rings. The van der Waals surface area contributed by atoms with Gasteiger partial charge in [-0.2, -0.15) is 0 Å². The van der Waals surface area contributed by atoms with E-state index >= 15 is 0 Å². The quantitative estimate of drug-likeness (QED) is 0.817. The first-order chi connectivity index (χ1) is 10.2. The van der Waals surface area contributed by atoms with Crippen LogP contribution >= 0.6 is 11.6 Å². The Hall–Kier alpha value is -1.55. The summed E-state index contributed by atoms with van der Waals surface area (Å²) in [6.45, 7) is 4.13. The predicted octanol–water partition coefficient (Wildman–Crippen LogP) is 3.10. The maximum atomic E-state index is 12.5. The molecule has 1 fully saturated rings. The van der Waals surface area contributed by atoms with Gasteiger partial charge in [0.1, 0.15) is 12.4 Å². The summed E-state index contributed by atoms with van der Waals surface area (Å²) in [5.41, 5.74) is 3.07. The molecule has 4 nitrogen and oxygen atoms in total. The van der Waals surface area contributed by atoms with Crippen molar-refractivity contribution in [2.75, 3.05) is 13.1 Å². The number of para-hydroxylation sites is 1. The van der Waals surface area contributed by atoms with Crippen LogP contribution in [0, 0.1) is 6.92 Å². The van der Waals surface area contributed by atoms with E-state index in [2.05, 4.69) is 4.98 Å². The van der Waals surface area contributed by atoms with E-state index in [-0.39, 0.29) is 5.91 Å². The van der Waals surface area contributed by atoms with Gasteiger partial charge in [0.15, 0.2) is 0 Å². The van der Waals surface area contributed by atoms with E-state index in [1.165, 1.54) is 6.42 Å². The smallest absolute Gasteiger partial charge is 0.242 e. The number of piperidine rings is 1. The number of nitrogens with zero attached hydrogens (tertiary/aromatic N) is 3. The summed E-state index contributed by atoms with van der Waals surface area (Å²) in [7, 11) is 0. The molecule has 0 N–H and O–H groups in total. The van der Waals surface area contributed by atoms with Gasteiger partial charge in [-0.3, -0.25) is 4.79 Å². The third-order valence-corrected chi connectivity index (χ3v) is 4.41. The van der Waals surface area contributed by atoms with Gasteiger partial charge in [0, 0.05) is 13.1 Å². The number of aryl methyl sites for hydroxylation is 1. The first-order valence-corrected chi connectivity index (χ1v) is 8.02. The second-order valence-electron chi connectivity index (χ2n) is 5.63. The summed E-state index contributed by atoms with van der Waals surface area (Å²) in [4.78, 5) is 19.0. The number of carbonyl (C=O) groups excluding carboxylic acids is 1. The number of alkyl halides is 1. The number of halogens is 1. The van der Waals surface area contributed by atoms with Crippen LogP contribution in [0.2, 0.25) is 0 Å². The van der Waals surface area contributed by atoms with E-state index in [1.54, 1.807) is 0 Å². The number of amides is 1. The molecule has 1 aromatic heterocycles. The zero-order valence-corrected chi connectivity index (χ0v) is 13.1. The van der Waals surface area contributed by atoms with Crippen LogP contribution in [-0.4, -0.2) is 33.4 Å². The van der Waals surface area contributed by atoms with Crippen molar-refractivity contribution in [2.24, 2.45) is 0 Å². The number of carbonyl (C=O) groups is 1. The lowest BCUT2D eigenvalue weighted by molar-refractivity contribution is -0.132. The van der Waals surface area contributed by atoms with Crippen molar-refractivity contribution in [3.8, 4) is 0 Å². The van der Waals surface area contributed by atoms with Crippen LogP contribution in [0.5, 0.6) is 0 Å². The Bertz CT molecular complexity index is 659. The van der Waals surface area contributed by atoms with Gasteiger partial charge in [0.25, 0.3) is 0 Å². The fourth-order valence-electron chi connectivity index (χ4n) is 3.06. The molecule has 5 heteroatoms. The SMILES string of the molecule is Cc1cccc2nc(CCl)n(CC(=O)N3CCCCC3)c12. The van der Waals surface area contributed by atoms with Crippen molar-refractivity contribution in [2.45, 2.75) is 38.6 Å². The van der Waals surface area contributed by atoms with E-state index in [0.29, 0.717) is 12.4 Å². The van der Waals surface area contributed by atoms with E-state index in [0.717, 1.165) is 48.4 Å². The van der Waals surface area contributed by atoms with Crippen LogP contribution in [0.25, 0.3) is 11.0 Å². The van der Waals surface area contributed by atoms with E-state index in [1.807, 2.05) is 34.6 Å². The van der Waals surface area contributed by atoms with Crippen LogP contribution in [0.1, 0.15) is 30.7 Å². The van der Waals surface area contributed by atoms with Gasteiger partial charge in [-0.05, 0) is 37.8 Å². The lowest BCUT2D eigenvalue weighted by Gasteiger charge is -2.27. The normalized spacial score (nSPS) is 15.6. The van der Waals surface area contributed by atoms with Gasteiger partial charge in [-0.25, -0.2) is 4.98 Å². The number of hydrogen-bond acceptors (Lipinski definition) is 2. The van der Waals surface area contributed by atoms with Crippen LogP contribution in [0.4, 0.5) is 0 Å². The largest absolute Gasteiger partial charge is 0.341 e. The molecule has 0 spiro atoms. The third-order valence-electron chi connectivity index (χ3n) is 4.17. The summed E-state index contributed by atoms with van der Waals surface area (Å²) in [5, 5.41) is 0. The minimum atomic E-state index is 0.170. The second kappa shape index (κ2) is 6.06. The first-order valence-electron chi connectivity index (χ1n) is 7.49. The molecular formula is C16H20ClN3O. The van der Waals surface area contributed by atoms with Crippen LogP contribution in [-0.2, 0) is 17.2 Å². The average Bonchev–Trinajstić information content (AvgIpc) is 2.87. The molecule has 0 unspecified atom stereocenters. The Kier molecular flexibility index (Phi) is 4.15. The molecule has 0 aliphatic carbocycles. The molecule has 0 saturated carbocycles. The zero-order valence-electron chi connectivity index (χ0n) is 12.3. The molecule has 0 bridgehead atoms. The van der Waals surface area contributed by atoms with Gasteiger partial charge < -0.3 is 9.47 Å². The Labute approximate surface area is 129 Å². The topological polar surface area (TPSA) is 38.1 Å². The molecule has 1 aromatic carbocycles. The van der Waals surface area contributed by atoms with Gasteiger partial charge in [-0.1, -0.05) is 12.1 Å². The summed E-state index contributed by atoms with van der Waals surface area (Å²) in [5.74, 6) is 1.26. The van der Waals surface area contributed by atoms with Gasteiger partial charge >= 0.3 is 0 Å². The maximum absolute atomic E-state index is 12.5. The van der Waals surface area contributed by atoms with Crippen LogP contribution < -0.4 is 0 Å². The van der Waals surface area contributed by atoms with Crippen molar-refractivity contribution < 1.29 is 4.79 Å². The maximum Gasteiger partial charge on any atom is 0.242 e. The standard InChI is InChI=1S/C16H20ClN3O/c1-12-6-5-7-13-16(12)20(14(10-17)18-13)11-15(21)19-8-3-2-4-9-19/h5-7H,2-4,8-11H2,1H3. The van der Waals surface area contributed by atoms with Gasteiger partial charge in [-0.15, -0.1) is 11.6 Å². The average molecular weight is 306 g/mol. The molecule has 1 aliphatic heterocycles. The second-order valence-corrected chi connectivity index (χ2v) is 5.90. The number of aromatic nitrogens is 2. The highest BCUT2D eigenvalue weighted by Crippen LogP contribution is 2.22. The lowest BCUT2D eigenvalue weighted by atomic mass is 10.1. The molecule has 1 saturated heterocycles. The number of likely N-dealkylation sites (tertiary alicyclic amines) is 1. The zero-order chi connectivity index (χ0) is 14.8. The molecular weight excluding hydrogens is 286 g/mol. The fraction of sp³-hybridized carbons (Fsp3) is 0.500. The number of rotatable bonds is 3. The number of hydrogen-bond donors (Lipinski definition) is 0. The molecule has 0 atom stereocenters. The number of benzene rings is 1. The molecule has 3 rings (SSSR count). The minimum Gasteiger partial charge on any atom is -0.341 e. The van der Waals surface area contributed by atoms with E-state index in [9.17, 15) is 4.79 Å². The fourth-order valence-corrected chi connectivity index (χ4v) is 3.27. The van der Waals surface area contributed by atoms with E-state index in [4.69, 9.17) is 11.6 Å². The summed E-state index contributed by atoms with van der Waals surface area (Å²) >= 11 is 6.02. The monoisotopic (exact) mass is 305 g/mol. The number of fused-ring (bicyclic) bond motifs is 1. The molecule has 1 amide bonds. The highest BCUT2D eigenvalue weighted by Gasteiger charge is 2.20. The first kappa shape index (κ1) is 14.4. The van der Waals surface area contributed by atoms with Gasteiger partial charge in [0.05, 0.1) is 16.9 Å². The van der Waals surface area contributed by atoms with Crippen molar-refractivity contribution in [3.05, 3.63) is 29.6 Å². The Morgan fingerprint density at radius 1 is 1.29 bits per heavy atom. The summed E-state index contributed by atoms with van der Waals surface area (Å²) in [6.07, 6.45) is 3.44. The van der Waals surface area contributed by atoms with E-state index < -0.39 is 0 Å². The van der Waals surface area contributed by atoms with Crippen molar-refractivity contribution in [1.82, 2.24) is 14.5 Å². The molecule has 0 radical (unpaired) electrons. The Morgan fingerprint density at radius 2 is 2.05 bits per heavy atom. The molecule has 112 valence electrons. The van der Waals surface area contributed by atoms with Gasteiger partial charge in [0.2, 0.25) is 5.91 Å². The lowest BCUT2D eigenvalue weighted by Crippen LogP contribution is -2.38. The summed E-state index contributed by atoms with van der Waals surface area (Å²) < 4.78 is 1.98. The molecule has 2 heterocycles. The number of imidazole rings is 1. The molecule has 1 aliphatic rings. The third kappa shape index (κ3) is 2.77. The van der Waals surface area contributed by atoms with Crippen molar-refractivity contribution in [3.63, 3.8) is 0 Å². The minimum absolute atomic E-state index is 0.170. The molecule has 21 heavy (non-hydrogen) atoms. The highest BCUT2D eigenvalue weighted by molar-refractivity contribution is 6.16. The van der Waals surface area contributed by atoms with Crippen LogP contribution in [0.15, 0.2) is 18.2 Å². The highest BCUT2D eigenvalue weighted by atomic mass is 35.5. The van der Waals surface area contributed by atoms with Crippen molar-refractivity contribution >= 4 is 28.5 Å². The Balaban J connectivity index is 1.93. The predicted molar refractivity (Wildman–Crippen MR) is 84.5 cm³/mol. The summed E-state index contributed by atoms with van der Waals surface area (Å²) in [6, 6.07) is 6.00.